The lowest BCUT2D eigenvalue weighted by molar-refractivity contribution is -0.139. The molecule has 0 radical (unpaired) electrons. The molecule has 3 N–H and O–H groups in total. The Kier molecular flexibility index (Phi) is 2.52. The molecular formula is C2H4N2O4. The normalized spacial score (nSPS) is 7.75. The summed E-state index contributed by atoms with van der Waals surface area (Å²) in [5.74, 6) is 0. The third-order valence-corrected chi connectivity index (χ3v) is 0.404. The molecule has 0 fully saturated rings. The lowest BCUT2D eigenvalue weighted by Crippen LogP contribution is -2.34. The van der Waals surface area contributed by atoms with Gasteiger partial charge in [0.1, 0.15) is 0 Å². The van der Waals surface area contributed by atoms with Crippen LogP contribution in [0.25, 0.3) is 0 Å². The van der Waals surface area contributed by atoms with E-state index in [0.29, 0.717) is 0 Å². The SMILES string of the molecule is O=CN(O)C(=O)NO. The van der Waals surface area contributed by atoms with Crippen molar-refractivity contribution in [1.29, 1.82) is 0 Å². The molecule has 0 aromatic rings. The number of nitrogens with one attached hydrogen (secondary N) is 1. The minimum Gasteiger partial charge on any atom is -0.287 e. The standard InChI is InChI=1S/C2H4N2O4/c5-1-4(8)2(6)3-7/h1,7-8H,(H,3,6). The van der Waals surface area contributed by atoms with Crippen LogP contribution in [-0.2, 0) is 4.79 Å². The Labute approximate surface area is 44.2 Å². The second-order valence-corrected chi connectivity index (χ2v) is 0.867. The van der Waals surface area contributed by atoms with E-state index in [1.165, 1.54) is 0 Å². The quantitative estimate of drug-likeness (QED) is 0.233. The van der Waals surface area contributed by atoms with Gasteiger partial charge in [0.25, 0.3) is 0 Å². The van der Waals surface area contributed by atoms with Crippen LogP contribution in [0.1, 0.15) is 0 Å². The molecule has 0 aliphatic heterocycles. The van der Waals surface area contributed by atoms with Gasteiger partial charge in [-0.2, -0.15) is 0 Å². The molecule has 0 aliphatic carbocycles. The molecule has 0 aliphatic rings. The number of carbonyl (C=O) groups is 2. The van der Waals surface area contributed by atoms with Crippen molar-refractivity contribution >= 4 is 12.4 Å². The maximum Gasteiger partial charge on any atom is 0.372 e. The second-order valence-electron chi connectivity index (χ2n) is 0.867. The molecule has 0 rings (SSSR count). The molecule has 0 aromatic heterocycles. The molecule has 0 saturated heterocycles. The number of nitrogens with zero attached hydrogens (tertiary/aromatic N) is 1. The third-order valence-electron chi connectivity index (χ3n) is 0.404. The molecule has 0 atom stereocenters. The monoisotopic (exact) mass is 120 g/mol. The smallest absolute Gasteiger partial charge is 0.287 e. The highest BCUT2D eigenvalue weighted by Crippen LogP contribution is 1.71. The zero-order valence-electron chi connectivity index (χ0n) is 3.74. The van der Waals surface area contributed by atoms with E-state index in [2.05, 4.69) is 0 Å². The van der Waals surface area contributed by atoms with Crippen LogP contribution in [-0.4, -0.2) is 27.9 Å². The average molecular weight is 120 g/mol. The van der Waals surface area contributed by atoms with Gasteiger partial charge in [0.05, 0.1) is 0 Å². The summed E-state index contributed by atoms with van der Waals surface area (Å²) in [5.41, 5.74) is 1.02. The van der Waals surface area contributed by atoms with Crippen LogP contribution in [0.4, 0.5) is 4.79 Å². The molecule has 6 nitrogen and oxygen atoms in total. The van der Waals surface area contributed by atoms with Gasteiger partial charge < -0.3 is 0 Å². The van der Waals surface area contributed by atoms with E-state index in [4.69, 9.17) is 10.4 Å². The highest BCUT2D eigenvalue weighted by atomic mass is 16.6. The summed E-state index contributed by atoms with van der Waals surface area (Å²) in [6.45, 7) is 0. The maximum absolute atomic E-state index is 9.83. The molecule has 6 heteroatoms. The van der Waals surface area contributed by atoms with Gasteiger partial charge in [-0.05, 0) is 0 Å². The Morgan fingerprint density at radius 3 is 2.38 bits per heavy atom. The number of imide groups is 1. The number of hydroxylamine groups is 3. The second kappa shape index (κ2) is 2.94. The first-order valence-corrected chi connectivity index (χ1v) is 1.60. The van der Waals surface area contributed by atoms with Crippen molar-refractivity contribution in [2.24, 2.45) is 0 Å². The number of carbonyl (C=O) groups excluding carboxylic acids is 2. The first kappa shape index (κ1) is 6.86. The molecule has 46 valence electrons. The fraction of sp³-hybridized carbons (Fsp3) is 0. The van der Waals surface area contributed by atoms with Gasteiger partial charge in [0.2, 0.25) is 6.41 Å². The maximum atomic E-state index is 9.83. The van der Waals surface area contributed by atoms with Gasteiger partial charge in [0, 0.05) is 0 Å². The molecule has 0 unspecified atom stereocenters. The zero-order valence-corrected chi connectivity index (χ0v) is 3.74. The zero-order chi connectivity index (χ0) is 6.57. The summed E-state index contributed by atoms with van der Waals surface area (Å²) >= 11 is 0. The van der Waals surface area contributed by atoms with Crippen LogP contribution < -0.4 is 5.48 Å². The van der Waals surface area contributed by atoms with Crippen LogP contribution in [0.2, 0.25) is 0 Å². The Morgan fingerprint density at radius 1 is 1.75 bits per heavy atom. The topological polar surface area (TPSA) is 89.9 Å². The lowest BCUT2D eigenvalue weighted by Gasteiger charge is -2.01. The molecule has 0 aromatic carbocycles. The number of urea groups is 1. The minimum absolute atomic E-state index is 0.161. The van der Waals surface area contributed by atoms with Crippen LogP contribution >= 0.6 is 0 Å². The summed E-state index contributed by atoms with van der Waals surface area (Å²) in [6.07, 6.45) is -0.161. The lowest BCUT2D eigenvalue weighted by atomic mass is 11.0. The summed E-state index contributed by atoms with van der Waals surface area (Å²) < 4.78 is 0. The molecule has 8 heavy (non-hydrogen) atoms. The van der Waals surface area contributed by atoms with E-state index in [-0.39, 0.29) is 11.5 Å². The van der Waals surface area contributed by atoms with E-state index in [1.54, 1.807) is 0 Å². The van der Waals surface area contributed by atoms with Crippen LogP contribution in [0.15, 0.2) is 0 Å². The predicted molar refractivity (Wildman–Crippen MR) is 20.0 cm³/mol. The van der Waals surface area contributed by atoms with E-state index in [0.717, 1.165) is 5.48 Å². The number of hydrogen-bond donors (Lipinski definition) is 3. The van der Waals surface area contributed by atoms with Gasteiger partial charge in [-0.25, -0.2) is 10.3 Å². The Morgan fingerprint density at radius 2 is 2.25 bits per heavy atom. The largest absolute Gasteiger partial charge is 0.372 e. The Hall–Kier alpha value is -1.14. The van der Waals surface area contributed by atoms with Crippen molar-refractivity contribution in [3.63, 3.8) is 0 Å². The van der Waals surface area contributed by atoms with E-state index in [9.17, 15) is 9.59 Å². The third kappa shape index (κ3) is 1.54. The van der Waals surface area contributed by atoms with Gasteiger partial charge in [-0.1, -0.05) is 0 Å². The summed E-state index contributed by atoms with van der Waals surface area (Å²) in [5, 5.41) is 15.4. The van der Waals surface area contributed by atoms with Crippen molar-refractivity contribution in [1.82, 2.24) is 10.5 Å². The van der Waals surface area contributed by atoms with E-state index < -0.39 is 6.03 Å². The number of rotatable bonds is 1. The predicted octanol–water partition coefficient (Wildman–Crippen LogP) is -1.07. The molecule has 0 bridgehead atoms. The molecule has 0 spiro atoms. The highest BCUT2D eigenvalue weighted by molar-refractivity contribution is 5.81. The highest BCUT2D eigenvalue weighted by Gasteiger charge is 2.04. The fourth-order valence-electron chi connectivity index (χ4n) is 0.0991. The van der Waals surface area contributed by atoms with Crippen LogP contribution in [0, 0.1) is 0 Å². The molecule has 0 saturated carbocycles. The first-order valence-electron chi connectivity index (χ1n) is 1.60. The Bertz CT molecular complexity index is 102. The van der Waals surface area contributed by atoms with E-state index >= 15 is 0 Å². The molecule has 3 amide bonds. The van der Waals surface area contributed by atoms with Crippen molar-refractivity contribution < 1.29 is 20.0 Å². The summed E-state index contributed by atoms with van der Waals surface area (Å²) in [4.78, 5) is 19.2. The summed E-state index contributed by atoms with van der Waals surface area (Å²) in [7, 11) is 0. The number of amides is 3. The van der Waals surface area contributed by atoms with Crippen molar-refractivity contribution in [3.05, 3.63) is 0 Å². The molecular weight excluding hydrogens is 116 g/mol. The number of hydrogen-bond acceptors (Lipinski definition) is 4. The van der Waals surface area contributed by atoms with Gasteiger partial charge in [-0.15, -0.1) is 5.06 Å². The van der Waals surface area contributed by atoms with Crippen LogP contribution in [0.3, 0.4) is 0 Å². The summed E-state index contributed by atoms with van der Waals surface area (Å²) in [6, 6.07) is -1.29. The average Bonchev–Trinajstić information content (AvgIpc) is 1.84. The van der Waals surface area contributed by atoms with Gasteiger partial charge >= 0.3 is 6.03 Å². The van der Waals surface area contributed by atoms with Crippen molar-refractivity contribution in [3.8, 4) is 0 Å². The van der Waals surface area contributed by atoms with Crippen molar-refractivity contribution in [2.75, 3.05) is 0 Å². The van der Waals surface area contributed by atoms with Crippen molar-refractivity contribution in [2.45, 2.75) is 0 Å². The van der Waals surface area contributed by atoms with Gasteiger partial charge in [-0.3, -0.25) is 15.2 Å². The fourth-order valence-corrected chi connectivity index (χ4v) is 0.0991. The van der Waals surface area contributed by atoms with Crippen LogP contribution in [0.5, 0.6) is 0 Å². The minimum atomic E-state index is -1.29. The van der Waals surface area contributed by atoms with E-state index in [1.807, 2.05) is 0 Å². The molecule has 0 heterocycles. The first-order chi connectivity index (χ1) is 3.72. The Balaban J connectivity index is 3.62. The van der Waals surface area contributed by atoms with Gasteiger partial charge in [0.15, 0.2) is 0 Å².